The molecule has 3 rings (SSSR count). The van der Waals surface area contributed by atoms with Gasteiger partial charge >= 0.3 is 0 Å². The number of aromatic nitrogens is 3. The lowest BCUT2D eigenvalue weighted by molar-refractivity contribution is -0.116. The number of amides is 1. The molecule has 7 heteroatoms. The van der Waals surface area contributed by atoms with E-state index in [1.807, 2.05) is 30.3 Å². The van der Waals surface area contributed by atoms with Crippen LogP contribution in [0, 0.1) is 0 Å². The fraction of sp³-hybridized carbons (Fsp3) is 0.368. The molecule has 136 valence electrons. The van der Waals surface area contributed by atoms with Gasteiger partial charge in [-0.2, -0.15) is 0 Å². The standard InChI is InChI=1S/C19H22N4O2S/c1-2-3-5-10-18-22-23-19(26-18)21-16(24)11-12-17-20-13-15(25-17)14-8-6-4-7-9-14/h4,6-9,13H,2-3,5,10-12H2,1H3,(H,21,23,24). The van der Waals surface area contributed by atoms with Gasteiger partial charge in [0.05, 0.1) is 6.20 Å². The number of rotatable bonds is 9. The number of carbonyl (C=O) groups is 1. The van der Waals surface area contributed by atoms with E-state index in [0.717, 1.165) is 23.4 Å². The summed E-state index contributed by atoms with van der Waals surface area (Å²) in [4.78, 5) is 16.3. The molecule has 0 aliphatic heterocycles. The lowest BCUT2D eigenvalue weighted by atomic mass is 10.2. The van der Waals surface area contributed by atoms with Crippen molar-refractivity contribution >= 4 is 22.4 Å². The molecule has 0 saturated carbocycles. The average Bonchev–Trinajstić information content (AvgIpc) is 3.31. The Morgan fingerprint density at radius 2 is 2.00 bits per heavy atom. The van der Waals surface area contributed by atoms with Crippen molar-refractivity contribution in [3.8, 4) is 11.3 Å². The number of aryl methyl sites for hydroxylation is 2. The number of hydrogen-bond donors (Lipinski definition) is 1. The van der Waals surface area contributed by atoms with E-state index < -0.39 is 0 Å². The molecule has 0 fully saturated rings. The van der Waals surface area contributed by atoms with Gasteiger partial charge in [0.15, 0.2) is 11.7 Å². The highest BCUT2D eigenvalue weighted by molar-refractivity contribution is 7.15. The third kappa shape index (κ3) is 5.23. The first-order chi connectivity index (χ1) is 12.7. The minimum atomic E-state index is -0.110. The molecule has 0 bridgehead atoms. The van der Waals surface area contributed by atoms with Gasteiger partial charge in [-0.1, -0.05) is 61.4 Å². The molecule has 3 aromatic rings. The normalized spacial score (nSPS) is 10.8. The summed E-state index contributed by atoms with van der Waals surface area (Å²) < 4.78 is 5.71. The van der Waals surface area contributed by atoms with E-state index in [9.17, 15) is 4.79 Å². The number of nitrogens with zero attached hydrogens (tertiary/aromatic N) is 3. The van der Waals surface area contributed by atoms with Gasteiger partial charge in [-0.3, -0.25) is 4.79 Å². The minimum Gasteiger partial charge on any atom is -0.441 e. The van der Waals surface area contributed by atoms with Crippen LogP contribution in [0.5, 0.6) is 0 Å². The van der Waals surface area contributed by atoms with Crippen molar-refractivity contribution in [2.45, 2.75) is 45.4 Å². The van der Waals surface area contributed by atoms with Crippen LogP contribution in [-0.4, -0.2) is 21.1 Å². The number of unbranched alkanes of at least 4 members (excludes halogenated alkanes) is 2. The van der Waals surface area contributed by atoms with Gasteiger partial charge in [-0.15, -0.1) is 10.2 Å². The number of benzene rings is 1. The molecule has 26 heavy (non-hydrogen) atoms. The van der Waals surface area contributed by atoms with E-state index in [1.165, 1.54) is 24.2 Å². The summed E-state index contributed by atoms with van der Waals surface area (Å²) in [6.07, 6.45) is 6.81. The van der Waals surface area contributed by atoms with Gasteiger partial charge < -0.3 is 9.73 Å². The van der Waals surface area contributed by atoms with Crippen LogP contribution >= 0.6 is 11.3 Å². The molecule has 0 radical (unpaired) electrons. The van der Waals surface area contributed by atoms with Gasteiger partial charge in [0.2, 0.25) is 11.0 Å². The van der Waals surface area contributed by atoms with Gasteiger partial charge in [-0.05, 0) is 6.42 Å². The Hall–Kier alpha value is -2.54. The molecule has 1 aromatic carbocycles. The molecule has 6 nitrogen and oxygen atoms in total. The van der Waals surface area contributed by atoms with Crippen molar-refractivity contribution in [3.63, 3.8) is 0 Å². The van der Waals surface area contributed by atoms with Crippen molar-refractivity contribution in [3.05, 3.63) is 47.4 Å². The molecule has 0 aliphatic rings. The average molecular weight is 370 g/mol. The van der Waals surface area contributed by atoms with Crippen molar-refractivity contribution < 1.29 is 9.21 Å². The number of carbonyl (C=O) groups excluding carboxylic acids is 1. The summed E-state index contributed by atoms with van der Waals surface area (Å²) in [5, 5.41) is 12.5. The largest absolute Gasteiger partial charge is 0.441 e. The predicted octanol–water partition coefficient (Wildman–Crippen LogP) is 4.50. The van der Waals surface area contributed by atoms with Crippen LogP contribution in [0.3, 0.4) is 0 Å². The first-order valence-corrected chi connectivity index (χ1v) is 9.68. The number of nitrogens with one attached hydrogen (secondary N) is 1. The fourth-order valence-corrected chi connectivity index (χ4v) is 3.29. The monoisotopic (exact) mass is 370 g/mol. The quantitative estimate of drug-likeness (QED) is 0.561. The van der Waals surface area contributed by atoms with Gasteiger partial charge in [0.25, 0.3) is 0 Å². The summed E-state index contributed by atoms with van der Waals surface area (Å²) in [5.41, 5.74) is 0.972. The summed E-state index contributed by atoms with van der Waals surface area (Å²) >= 11 is 1.44. The van der Waals surface area contributed by atoms with Gasteiger partial charge in [0.1, 0.15) is 5.01 Å². The molecule has 1 amide bonds. The Morgan fingerprint density at radius 1 is 1.15 bits per heavy atom. The third-order valence-electron chi connectivity index (χ3n) is 3.89. The smallest absolute Gasteiger partial charge is 0.226 e. The zero-order chi connectivity index (χ0) is 18.2. The SMILES string of the molecule is CCCCCc1nnc(NC(=O)CCc2ncc(-c3ccccc3)o2)s1. The number of hydrogen-bond acceptors (Lipinski definition) is 6. The van der Waals surface area contributed by atoms with Crippen molar-refractivity contribution in [1.82, 2.24) is 15.2 Å². The van der Waals surface area contributed by atoms with E-state index in [-0.39, 0.29) is 5.91 Å². The number of anilines is 1. The highest BCUT2D eigenvalue weighted by Crippen LogP contribution is 2.21. The molecule has 0 saturated heterocycles. The maximum absolute atomic E-state index is 12.1. The van der Waals surface area contributed by atoms with E-state index in [2.05, 4.69) is 27.4 Å². The third-order valence-corrected chi connectivity index (χ3v) is 4.78. The Bertz CT molecular complexity index is 829. The molecule has 2 aromatic heterocycles. The molecule has 0 aliphatic carbocycles. The van der Waals surface area contributed by atoms with Crippen molar-refractivity contribution in [2.24, 2.45) is 0 Å². The summed E-state index contributed by atoms with van der Waals surface area (Å²) in [6, 6.07) is 9.77. The Kier molecular flexibility index (Phi) is 6.49. The molecule has 0 atom stereocenters. The summed E-state index contributed by atoms with van der Waals surface area (Å²) in [5.74, 6) is 1.15. The van der Waals surface area contributed by atoms with E-state index in [4.69, 9.17) is 4.42 Å². The summed E-state index contributed by atoms with van der Waals surface area (Å²) in [6.45, 7) is 2.17. The predicted molar refractivity (Wildman–Crippen MR) is 102 cm³/mol. The summed E-state index contributed by atoms with van der Waals surface area (Å²) in [7, 11) is 0. The van der Waals surface area contributed by atoms with Crippen LogP contribution < -0.4 is 5.32 Å². The molecule has 0 spiro atoms. The van der Waals surface area contributed by atoms with Crippen LogP contribution in [0.2, 0.25) is 0 Å². The van der Waals surface area contributed by atoms with Crippen molar-refractivity contribution in [2.75, 3.05) is 5.32 Å². The first-order valence-electron chi connectivity index (χ1n) is 8.87. The first kappa shape index (κ1) is 18.3. The maximum Gasteiger partial charge on any atom is 0.226 e. The Labute approximate surface area is 156 Å². The number of oxazole rings is 1. The van der Waals surface area contributed by atoms with Crippen LogP contribution in [0.15, 0.2) is 40.9 Å². The van der Waals surface area contributed by atoms with E-state index in [1.54, 1.807) is 6.20 Å². The van der Waals surface area contributed by atoms with E-state index in [0.29, 0.717) is 29.6 Å². The second-order valence-corrected chi connectivity index (χ2v) is 7.05. The lowest BCUT2D eigenvalue weighted by Crippen LogP contribution is -2.12. The topological polar surface area (TPSA) is 80.9 Å². The highest BCUT2D eigenvalue weighted by Gasteiger charge is 2.11. The van der Waals surface area contributed by atoms with Crippen LogP contribution in [0.4, 0.5) is 5.13 Å². The van der Waals surface area contributed by atoms with Gasteiger partial charge in [-0.25, -0.2) is 4.98 Å². The van der Waals surface area contributed by atoms with E-state index >= 15 is 0 Å². The van der Waals surface area contributed by atoms with Crippen LogP contribution in [-0.2, 0) is 17.6 Å². The lowest BCUT2D eigenvalue weighted by Gasteiger charge is -1.99. The zero-order valence-corrected chi connectivity index (χ0v) is 15.6. The van der Waals surface area contributed by atoms with Crippen molar-refractivity contribution in [1.29, 1.82) is 0 Å². The molecule has 2 heterocycles. The Balaban J connectivity index is 1.46. The molecule has 1 N–H and O–H groups in total. The molecular weight excluding hydrogens is 348 g/mol. The maximum atomic E-state index is 12.1. The molecular formula is C19H22N4O2S. The van der Waals surface area contributed by atoms with Crippen LogP contribution in [0.25, 0.3) is 11.3 Å². The second kappa shape index (κ2) is 9.24. The second-order valence-electron chi connectivity index (χ2n) is 5.99. The fourth-order valence-electron chi connectivity index (χ4n) is 2.50. The Morgan fingerprint density at radius 3 is 2.81 bits per heavy atom. The zero-order valence-electron chi connectivity index (χ0n) is 14.8. The molecule has 0 unspecified atom stereocenters. The minimum absolute atomic E-state index is 0.110. The van der Waals surface area contributed by atoms with Gasteiger partial charge in [0, 0.05) is 24.8 Å². The van der Waals surface area contributed by atoms with Crippen LogP contribution in [0.1, 0.15) is 43.5 Å². The highest BCUT2D eigenvalue weighted by atomic mass is 32.1.